The third-order valence-electron chi connectivity index (χ3n) is 6.71. The van der Waals surface area contributed by atoms with E-state index in [4.69, 9.17) is 24.8 Å². The van der Waals surface area contributed by atoms with Gasteiger partial charge in [0.05, 0.1) is 19.5 Å². The zero-order valence-corrected chi connectivity index (χ0v) is 23.9. The zero-order valence-electron chi connectivity index (χ0n) is 22.1. The van der Waals surface area contributed by atoms with E-state index < -0.39 is 83.9 Å². The number of aromatic nitrogens is 5. The predicted molar refractivity (Wildman–Crippen MR) is 138 cm³/mol. The molecule has 0 bridgehead atoms. The zero-order chi connectivity index (χ0) is 32.0. The van der Waals surface area contributed by atoms with Gasteiger partial charge < -0.3 is 50.5 Å². The van der Waals surface area contributed by atoms with Gasteiger partial charge in [0.15, 0.2) is 36.2 Å². The normalized spacial score (nSPS) is 31.6. The molecule has 9 N–H and O–H groups in total. The van der Waals surface area contributed by atoms with Crippen LogP contribution in [0.25, 0.3) is 11.2 Å². The van der Waals surface area contributed by atoms with Gasteiger partial charge in [0.2, 0.25) is 0 Å². The summed E-state index contributed by atoms with van der Waals surface area (Å²) in [5, 5.41) is 50.7. The summed E-state index contributed by atoms with van der Waals surface area (Å²) in [4.78, 5) is 43.1. The minimum absolute atomic E-state index is 0.0464. The van der Waals surface area contributed by atoms with Crippen LogP contribution in [0.4, 0.5) is 5.82 Å². The number of anilines is 1. The molecule has 44 heavy (non-hydrogen) atoms. The number of carboxylic acids is 1. The number of fused-ring (bicyclic) bond motifs is 1. The van der Waals surface area contributed by atoms with E-state index in [1.54, 1.807) is 0 Å². The molecule has 2 aliphatic rings. The minimum Gasteiger partial charge on any atom is -0.477 e. The molecule has 240 valence electrons. The topological polar surface area (TPSA) is 312 Å². The monoisotopic (exact) mass is 665 g/mol. The quantitative estimate of drug-likeness (QED) is 0.0780. The highest BCUT2D eigenvalue weighted by molar-refractivity contribution is 7.61. The Kier molecular flexibility index (Phi) is 9.13. The summed E-state index contributed by atoms with van der Waals surface area (Å²) in [6.07, 6.45) is -7.22. The van der Waals surface area contributed by atoms with Crippen molar-refractivity contribution in [2.75, 3.05) is 18.9 Å². The van der Waals surface area contributed by atoms with Crippen molar-refractivity contribution in [3.05, 3.63) is 42.7 Å². The van der Waals surface area contributed by atoms with E-state index in [-0.39, 0.29) is 22.5 Å². The molecule has 5 rings (SSSR count). The lowest BCUT2D eigenvalue weighted by Gasteiger charge is -2.20. The van der Waals surface area contributed by atoms with Gasteiger partial charge in [-0.05, 0) is 6.07 Å². The molecule has 0 aromatic carbocycles. The Bertz CT molecular complexity index is 1630. The maximum atomic E-state index is 12.4. The first-order valence-electron chi connectivity index (χ1n) is 12.5. The maximum absolute atomic E-state index is 12.4. The molecular weight excluding hydrogens is 638 g/mol. The second-order valence-corrected chi connectivity index (χ2v) is 12.7. The first kappa shape index (κ1) is 32.4. The number of hydrogen-bond donors (Lipinski definition) is 8. The van der Waals surface area contributed by atoms with Gasteiger partial charge in [-0.2, -0.15) is 8.88 Å². The molecule has 0 amide bonds. The van der Waals surface area contributed by atoms with Crippen LogP contribution in [0.3, 0.4) is 0 Å². The van der Waals surface area contributed by atoms with Crippen LogP contribution in [0.2, 0.25) is 0 Å². The van der Waals surface area contributed by atoms with Crippen molar-refractivity contribution < 1.29 is 76.6 Å². The summed E-state index contributed by atoms with van der Waals surface area (Å²) in [5.74, 6) is -1.22. The lowest BCUT2D eigenvalue weighted by molar-refractivity contribution is -0.765. The van der Waals surface area contributed by atoms with Crippen LogP contribution in [0, 0.1) is 0 Å². The highest BCUT2D eigenvalue weighted by atomic mass is 31.3. The third kappa shape index (κ3) is 6.65. The van der Waals surface area contributed by atoms with Crippen molar-refractivity contribution >= 4 is 38.6 Å². The number of aliphatic hydroxyl groups is 4. The van der Waals surface area contributed by atoms with Crippen LogP contribution >= 0.6 is 15.6 Å². The number of hydrogen-bond acceptors (Lipinski definition) is 16. The first-order chi connectivity index (χ1) is 20.7. The SMILES string of the molecule is Nc1ncnc2c1ncn2[C@@H]1O[C@H](COP(=O)(O)OP(=O)(O)OC[C@H]2O[C@@H]([n+]3cccc(C(=O)O)c3)C(O)[C@H]2O)[C@H](O)C1O. The Labute approximate surface area is 245 Å². The number of nitrogens with two attached hydrogens (primary N) is 1. The average molecular weight is 665 g/mol. The summed E-state index contributed by atoms with van der Waals surface area (Å²) < 4.78 is 51.8. The van der Waals surface area contributed by atoms with Crippen molar-refractivity contribution in [2.24, 2.45) is 0 Å². The second-order valence-electron chi connectivity index (χ2n) is 9.63. The van der Waals surface area contributed by atoms with Gasteiger partial charge in [-0.15, -0.1) is 0 Å². The molecule has 0 saturated carbocycles. The fourth-order valence-electron chi connectivity index (χ4n) is 4.56. The van der Waals surface area contributed by atoms with Gasteiger partial charge in [-0.3, -0.25) is 13.6 Å². The maximum Gasteiger partial charge on any atom is 0.481 e. The van der Waals surface area contributed by atoms with Crippen LogP contribution in [0.1, 0.15) is 22.8 Å². The number of nitrogens with zero attached hydrogens (tertiary/aromatic N) is 5. The third-order valence-corrected chi connectivity index (χ3v) is 9.31. The Hall–Kier alpha value is -3.01. The Morgan fingerprint density at radius 3 is 2.27 bits per heavy atom. The van der Waals surface area contributed by atoms with E-state index in [0.717, 1.165) is 17.1 Å². The van der Waals surface area contributed by atoms with E-state index >= 15 is 0 Å². The molecule has 0 spiro atoms. The van der Waals surface area contributed by atoms with Gasteiger partial charge >= 0.3 is 21.6 Å². The Morgan fingerprint density at radius 2 is 1.61 bits per heavy atom. The molecule has 2 aliphatic heterocycles. The van der Waals surface area contributed by atoms with E-state index in [1.807, 2.05) is 0 Å². The number of phosphoric acid groups is 2. The fraction of sp³-hybridized carbons (Fsp3) is 0.476. The predicted octanol–water partition coefficient (Wildman–Crippen LogP) is -2.42. The number of rotatable bonds is 11. The molecule has 4 unspecified atom stereocenters. The van der Waals surface area contributed by atoms with Crippen LogP contribution < -0.4 is 10.3 Å². The van der Waals surface area contributed by atoms with Crippen LogP contribution in [-0.2, 0) is 32.0 Å². The minimum atomic E-state index is -5.38. The summed E-state index contributed by atoms with van der Waals surface area (Å²) in [5.41, 5.74) is 5.94. The summed E-state index contributed by atoms with van der Waals surface area (Å²) in [6.45, 7) is -1.83. The smallest absolute Gasteiger partial charge is 0.477 e. The van der Waals surface area contributed by atoms with Gasteiger partial charge in [0, 0.05) is 6.07 Å². The summed E-state index contributed by atoms with van der Waals surface area (Å²) in [6, 6.07) is 2.63. The number of aliphatic hydroxyl groups excluding tert-OH is 4. The first-order valence-corrected chi connectivity index (χ1v) is 15.5. The largest absolute Gasteiger partial charge is 0.481 e. The lowest BCUT2D eigenvalue weighted by atomic mass is 10.1. The van der Waals surface area contributed by atoms with Crippen LogP contribution in [0.5, 0.6) is 0 Å². The number of imidazole rings is 1. The van der Waals surface area contributed by atoms with Crippen molar-refractivity contribution in [3.8, 4) is 0 Å². The van der Waals surface area contributed by atoms with E-state index in [0.29, 0.717) is 0 Å². The van der Waals surface area contributed by atoms with E-state index in [1.165, 1.54) is 29.2 Å². The Balaban J connectivity index is 1.16. The Morgan fingerprint density at radius 1 is 0.977 bits per heavy atom. The molecule has 23 heteroatoms. The molecule has 0 radical (unpaired) electrons. The molecule has 5 heterocycles. The number of ether oxygens (including phenoxy) is 2. The van der Waals surface area contributed by atoms with Gasteiger partial charge in [-0.1, -0.05) is 0 Å². The van der Waals surface area contributed by atoms with Gasteiger partial charge in [0.25, 0.3) is 6.23 Å². The number of pyridine rings is 1. The fourth-order valence-corrected chi connectivity index (χ4v) is 6.65. The van der Waals surface area contributed by atoms with Gasteiger partial charge in [0.1, 0.15) is 47.9 Å². The molecule has 0 aliphatic carbocycles. The number of nitrogen functional groups attached to an aromatic ring is 1. The van der Waals surface area contributed by atoms with Crippen molar-refractivity contribution in [1.29, 1.82) is 0 Å². The highest BCUT2D eigenvalue weighted by Crippen LogP contribution is 2.60. The summed E-state index contributed by atoms with van der Waals surface area (Å²) >= 11 is 0. The molecule has 2 saturated heterocycles. The van der Waals surface area contributed by atoms with Crippen molar-refractivity contribution in [2.45, 2.75) is 49.1 Å². The average Bonchev–Trinajstić information content (AvgIpc) is 3.61. The number of aromatic carboxylic acids is 1. The number of carboxylic acid groups (broad SMARTS) is 1. The number of carbonyl (C=O) groups is 1. The van der Waals surface area contributed by atoms with Crippen molar-refractivity contribution in [1.82, 2.24) is 19.5 Å². The lowest BCUT2D eigenvalue weighted by Crippen LogP contribution is -2.46. The molecule has 2 fully saturated rings. The van der Waals surface area contributed by atoms with Crippen molar-refractivity contribution in [3.63, 3.8) is 0 Å². The molecular formula is C21H27N6O15P2+. The molecule has 3 aromatic heterocycles. The molecule has 21 nitrogen and oxygen atoms in total. The van der Waals surface area contributed by atoms with Crippen LogP contribution in [0.15, 0.2) is 37.2 Å². The van der Waals surface area contributed by atoms with E-state index in [2.05, 4.69) is 23.8 Å². The molecule has 3 aromatic rings. The molecule has 10 atom stereocenters. The standard InChI is InChI=1S/C21H26N6O15P2/c22-17-12-18(24-7-23-17)27(8-25-12)20-16(31)14(29)11(41-20)6-39-44(36,37)42-43(34,35)38-5-10-13(28)15(30)19(40-10)26-3-1-2-9(4-26)21(32)33/h1-4,7-8,10-11,13-16,19-20,28-31H,5-6H2,(H4-,22,23,24,32,33,34,35,36,37)/p+1/t10-,11-,13+,14+,15?,16?,19-,20-/m1/s1. The second kappa shape index (κ2) is 12.4. The van der Waals surface area contributed by atoms with Crippen LogP contribution in [-0.4, -0.2) is 111 Å². The highest BCUT2D eigenvalue weighted by Gasteiger charge is 2.50. The van der Waals surface area contributed by atoms with E-state index in [9.17, 15) is 44.1 Å². The number of phosphoric ester groups is 2. The van der Waals surface area contributed by atoms with Gasteiger partial charge in [-0.25, -0.2) is 28.9 Å². The summed E-state index contributed by atoms with van der Waals surface area (Å²) in [7, 11) is -10.8.